The van der Waals surface area contributed by atoms with Gasteiger partial charge >= 0.3 is 0 Å². The fourth-order valence-electron chi connectivity index (χ4n) is 2.98. The Morgan fingerprint density at radius 3 is 2.74 bits per heavy atom. The fourth-order valence-corrected chi connectivity index (χ4v) is 4.06. The SMILES string of the molecule is CCCC(C)(CNCC(C)C)CN1CCSCC1C. The molecule has 0 saturated carbocycles. The molecule has 0 aliphatic carbocycles. The summed E-state index contributed by atoms with van der Waals surface area (Å²) >= 11 is 2.11. The first-order chi connectivity index (χ1) is 8.97. The first kappa shape index (κ1) is 17.3. The first-order valence-corrected chi connectivity index (χ1v) is 9.15. The topological polar surface area (TPSA) is 15.3 Å². The number of hydrogen-bond donors (Lipinski definition) is 1. The zero-order valence-corrected chi connectivity index (χ0v) is 14.5. The van der Waals surface area contributed by atoms with Gasteiger partial charge in [-0.15, -0.1) is 0 Å². The van der Waals surface area contributed by atoms with Gasteiger partial charge in [0.05, 0.1) is 0 Å². The molecule has 1 N–H and O–H groups in total. The van der Waals surface area contributed by atoms with Gasteiger partial charge in [-0.05, 0) is 31.2 Å². The molecule has 3 heteroatoms. The van der Waals surface area contributed by atoms with E-state index in [0.29, 0.717) is 5.41 Å². The fraction of sp³-hybridized carbons (Fsp3) is 1.00. The molecule has 1 aliphatic rings. The Morgan fingerprint density at radius 2 is 2.16 bits per heavy atom. The van der Waals surface area contributed by atoms with Crippen LogP contribution in [0.15, 0.2) is 0 Å². The summed E-state index contributed by atoms with van der Waals surface area (Å²) in [6.07, 6.45) is 2.62. The van der Waals surface area contributed by atoms with Crippen molar-refractivity contribution < 1.29 is 0 Å². The van der Waals surface area contributed by atoms with Gasteiger partial charge in [0.1, 0.15) is 0 Å². The van der Waals surface area contributed by atoms with E-state index in [4.69, 9.17) is 0 Å². The average molecular weight is 287 g/mol. The summed E-state index contributed by atoms with van der Waals surface area (Å²) in [6.45, 7) is 16.6. The van der Waals surface area contributed by atoms with Crippen molar-refractivity contribution in [2.75, 3.05) is 37.7 Å². The highest BCUT2D eigenvalue weighted by Gasteiger charge is 2.29. The van der Waals surface area contributed by atoms with Gasteiger partial charge in [0.2, 0.25) is 0 Å². The van der Waals surface area contributed by atoms with Crippen molar-refractivity contribution in [3.63, 3.8) is 0 Å². The van der Waals surface area contributed by atoms with Crippen LogP contribution < -0.4 is 5.32 Å². The molecule has 0 aromatic heterocycles. The van der Waals surface area contributed by atoms with Gasteiger partial charge in [0.25, 0.3) is 0 Å². The number of rotatable bonds is 8. The predicted octanol–water partition coefficient (Wildman–Crippen LogP) is 3.48. The van der Waals surface area contributed by atoms with Crippen molar-refractivity contribution in [3.8, 4) is 0 Å². The maximum atomic E-state index is 3.68. The van der Waals surface area contributed by atoms with E-state index in [-0.39, 0.29) is 0 Å². The molecule has 1 heterocycles. The summed E-state index contributed by atoms with van der Waals surface area (Å²) in [5, 5.41) is 3.68. The average Bonchev–Trinajstić information content (AvgIpc) is 2.32. The lowest BCUT2D eigenvalue weighted by molar-refractivity contribution is 0.127. The van der Waals surface area contributed by atoms with Crippen molar-refractivity contribution in [2.24, 2.45) is 11.3 Å². The summed E-state index contributed by atoms with van der Waals surface area (Å²) in [5.41, 5.74) is 0.430. The molecule has 19 heavy (non-hydrogen) atoms. The molecule has 0 amide bonds. The van der Waals surface area contributed by atoms with E-state index in [9.17, 15) is 0 Å². The second kappa shape index (κ2) is 8.53. The highest BCUT2D eigenvalue weighted by Crippen LogP contribution is 2.27. The minimum absolute atomic E-state index is 0.430. The van der Waals surface area contributed by atoms with Crippen LogP contribution in [-0.4, -0.2) is 48.6 Å². The zero-order chi connectivity index (χ0) is 14.3. The molecule has 0 aromatic rings. The number of hydrogen-bond acceptors (Lipinski definition) is 3. The van der Waals surface area contributed by atoms with Crippen molar-refractivity contribution in [1.82, 2.24) is 10.2 Å². The highest BCUT2D eigenvalue weighted by molar-refractivity contribution is 7.99. The zero-order valence-electron chi connectivity index (χ0n) is 13.7. The normalized spacial score (nSPS) is 24.6. The quantitative estimate of drug-likeness (QED) is 0.735. The van der Waals surface area contributed by atoms with Gasteiger partial charge in [-0.25, -0.2) is 0 Å². The molecule has 2 unspecified atom stereocenters. The van der Waals surface area contributed by atoms with Crippen LogP contribution in [0.5, 0.6) is 0 Å². The largest absolute Gasteiger partial charge is 0.316 e. The lowest BCUT2D eigenvalue weighted by Gasteiger charge is -2.41. The molecule has 114 valence electrons. The number of nitrogens with one attached hydrogen (secondary N) is 1. The molecular formula is C16H34N2S. The molecule has 2 nitrogen and oxygen atoms in total. The Labute approximate surface area is 125 Å². The van der Waals surface area contributed by atoms with E-state index < -0.39 is 0 Å². The summed E-state index contributed by atoms with van der Waals surface area (Å²) in [7, 11) is 0. The number of thioether (sulfide) groups is 1. The lowest BCUT2D eigenvalue weighted by Crippen LogP contribution is -2.49. The van der Waals surface area contributed by atoms with E-state index in [2.05, 4.69) is 56.6 Å². The molecule has 1 aliphatic heterocycles. The van der Waals surface area contributed by atoms with Gasteiger partial charge in [-0.2, -0.15) is 11.8 Å². The van der Waals surface area contributed by atoms with E-state index in [1.807, 2.05) is 0 Å². The molecule has 0 spiro atoms. The van der Waals surface area contributed by atoms with Crippen LogP contribution in [-0.2, 0) is 0 Å². The molecule has 0 radical (unpaired) electrons. The number of nitrogens with zero attached hydrogens (tertiary/aromatic N) is 1. The summed E-state index contributed by atoms with van der Waals surface area (Å²) in [4.78, 5) is 2.71. The van der Waals surface area contributed by atoms with Gasteiger partial charge in [-0.3, -0.25) is 4.90 Å². The Kier molecular flexibility index (Phi) is 7.78. The second-order valence-corrected chi connectivity index (χ2v) is 8.13. The standard InChI is InChI=1S/C16H34N2S/c1-6-7-16(5,12-17-10-14(2)3)13-18-8-9-19-11-15(18)4/h14-15,17H,6-13H2,1-5H3. The third-order valence-electron chi connectivity index (χ3n) is 4.05. The van der Waals surface area contributed by atoms with Crippen LogP contribution in [0.1, 0.15) is 47.5 Å². The Bertz CT molecular complexity index is 245. The maximum absolute atomic E-state index is 3.68. The predicted molar refractivity (Wildman–Crippen MR) is 89.1 cm³/mol. The monoisotopic (exact) mass is 286 g/mol. The van der Waals surface area contributed by atoms with Crippen LogP contribution >= 0.6 is 11.8 Å². The van der Waals surface area contributed by atoms with Gasteiger partial charge in [-0.1, -0.05) is 34.1 Å². The van der Waals surface area contributed by atoms with E-state index in [0.717, 1.165) is 25.0 Å². The first-order valence-electron chi connectivity index (χ1n) is 7.99. The lowest BCUT2D eigenvalue weighted by atomic mass is 9.84. The van der Waals surface area contributed by atoms with Crippen LogP contribution in [0.3, 0.4) is 0 Å². The minimum Gasteiger partial charge on any atom is -0.316 e. The molecule has 1 rings (SSSR count). The van der Waals surface area contributed by atoms with E-state index >= 15 is 0 Å². The molecule has 0 aromatic carbocycles. The maximum Gasteiger partial charge on any atom is 0.0158 e. The van der Waals surface area contributed by atoms with Gasteiger partial charge < -0.3 is 5.32 Å². The van der Waals surface area contributed by atoms with E-state index in [1.165, 1.54) is 37.4 Å². The van der Waals surface area contributed by atoms with E-state index in [1.54, 1.807) is 0 Å². The van der Waals surface area contributed by atoms with Gasteiger partial charge in [0, 0.05) is 37.2 Å². The Morgan fingerprint density at radius 1 is 1.42 bits per heavy atom. The van der Waals surface area contributed by atoms with Crippen LogP contribution in [0.25, 0.3) is 0 Å². The molecule has 0 bridgehead atoms. The van der Waals surface area contributed by atoms with Gasteiger partial charge in [0.15, 0.2) is 0 Å². The molecule has 1 saturated heterocycles. The van der Waals surface area contributed by atoms with Crippen molar-refractivity contribution in [3.05, 3.63) is 0 Å². The van der Waals surface area contributed by atoms with Crippen LogP contribution in [0, 0.1) is 11.3 Å². The van der Waals surface area contributed by atoms with Crippen LogP contribution in [0.4, 0.5) is 0 Å². The summed E-state index contributed by atoms with van der Waals surface area (Å²) < 4.78 is 0. The van der Waals surface area contributed by atoms with Crippen molar-refractivity contribution in [2.45, 2.75) is 53.5 Å². The second-order valence-electron chi connectivity index (χ2n) is 6.98. The minimum atomic E-state index is 0.430. The van der Waals surface area contributed by atoms with Crippen LogP contribution in [0.2, 0.25) is 0 Å². The van der Waals surface area contributed by atoms with Crippen molar-refractivity contribution in [1.29, 1.82) is 0 Å². The summed E-state index contributed by atoms with van der Waals surface area (Å²) in [5.74, 6) is 3.37. The molecule has 1 fully saturated rings. The molecule has 2 atom stereocenters. The van der Waals surface area contributed by atoms with Crippen molar-refractivity contribution >= 4 is 11.8 Å². The summed E-state index contributed by atoms with van der Waals surface area (Å²) in [6, 6.07) is 0.750. The highest BCUT2D eigenvalue weighted by atomic mass is 32.2. The third-order valence-corrected chi connectivity index (χ3v) is 5.24. The third kappa shape index (κ3) is 6.50. The molecular weight excluding hydrogens is 252 g/mol. The smallest absolute Gasteiger partial charge is 0.0158 e. The Hall–Kier alpha value is 0.270. The Balaban J connectivity index is 2.48.